The maximum Gasteiger partial charge on any atom is 0.0603 e. The molecule has 2 nitrogen and oxygen atoms in total. The average Bonchev–Trinajstić information content (AvgIpc) is 2.40. The van der Waals surface area contributed by atoms with Crippen molar-refractivity contribution in [2.24, 2.45) is 0 Å². The molecule has 0 unspecified atom stereocenters. The van der Waals surface area contributed by atoms with Crippen LogP contribution in [-0.2, 0) is 4.74 Å². The van der Waals surface area contributed by atoms with Gasteiger partial charge in [0.05, 0.1) is 12.2 Å². The van der Waals surface area contributed by atoms with Crippen LogP contribution in [0.1, 0.15) is 78.1 Å². The number of unbranched alkanes of at least 4 members (excludes halogenated alkanes) is 4. The fourth-order valence-electron chi connectivity index (χ4n) is 2.73. The minimum atomic E-state index is 0.527. The van der Waals surface area contributed by atoms with E-state index in [2.05, 4.69) is 19.2 Å². The zero-order valence-electron chi connectivity index (χ0n) is 12.5. The van der Waals surface area contributed by atoms with Gasteiger partial charge in [0.25, 0.3) is 0 Å². The van der Waals surface area contributed by atoms with E-state index in [1.165, 1.54) is 64.2 Å². The molecular weight excluding hydrogens is 222 g/mol. The Morgan fingerprint density at radius 1 is 0.944 bits per heavy atom. The summed E-state index contributed by atoms with van der Waals surface area (Å²) in [7, 11) is 0. The molecule has 0 aliphatic carbocycles. The van der Waals surface area contributed by atoms with Crippen LogP contribution < -0.4 is 5.32 Å². The Morgan fingerprint density at radius 3 is 2.00 bits per heavy atom. The third-order valence-electron chi connectivity index (χ3n) is 3.93. The van der Waals surface area contributed by atoms with E-state index in [9.17, 15) is 0 Å². The van der Waals surface area contributed by atoms with Crippen LogP contribution in [0.3, 0.4) is 0 Å². The van der Waals surface area contributed by atoms with Gasteiger partial charge >= 0.3 is 0 Å². The first-order valence-electron chi connectivity index (χ1n) is 8.23. The molecule has 1 aliphatic rings. The first-order valence-corrected chi connectivity index (χ1v) is 8.23. The minimum absolute atomic E-state index is 0.527. The first-order chi connectivity index (χ1) is 8.86. The highest BCUT2D eigenvalue weighted by molar-refractivity contribution is 4.71. The summed E-state index contributed by atoms with van der Waals surface area (Å²) < 4.78 is 6.34. The zero-order chi connectivity index (χ0) is 13.1. The van der Waals surface area contributed by atoms with Gasteiger partial charge in [-0.25, -0.2) is 0 Å². The van der Waals surface area contributed by atoms with Crippen molar-refractivity contribution in [3.05, 3.63) is 0 Å². The molecule has 1 N–H and O–H groups in total. The van der Waals surface area contributed by atoms with Crippen molar-refractivity contribution in [3.63, 3.8) is 0 Å². The van der Waals surface area contributed by atoms with E-state index in [1.807, 2.05) is 0 Å². The van der Waals surface area contributed by atoms with Crippen LogP contribution in [0, 0.1) is 0 Å². The van der Waals surface area contributed by atoms with Crippen LogP contribution in [0.2, 0.25) is 0 Å². The van der Waals surface area contributed by atoms with E-state index in [0.29, 0.717) is 12.2 Å². The zero-order valence-corrected chi connectivity index (χ0v) is 12.5. The van der Waals surface area contributed by atoms with Crippen LogP contribution >= 0.6 is 0 Å². The molecular formula is C16H33NO. The SMILES string of the molecule is CCCCCC(CCCCC)OC1CCNCC1. The van der Waals surface area contributed by atoms with E-state index in [1.54, 1.807) is 0 Å². The van der Waals surface area contributed by atoms with Crippen LogP contribution in [0.4, 0.5) is 0 Å². The Morgan fingerprint density at radius 2 is 1.50 bits per heavy atom. The molecule has 0 aromatic rings. The van der Waals surface area contributed by atoms with Crippen molar-refractivity contribution in [2.75, 3.05) is 13.1 Å². The molecule has 1 heterocycles. The molecule has 1 fully saturated rings. The van der Waals surface area contributed by atoms with Crippen LogP contribution in [0.5, 0.6) is 0 Å². The van der Waals surface area contributed by atoms with Crippen molar-refractivity contribution in [2.45, 2.75) is 90.3 Å². The second-order valence-corrected chi connectivity index (χ2v) is 5.70. The van der Waals surface area contributed by atoms with E-state index in [-0.39, 0.29) is 0 Å². The van der Waals surface area contributed by atoms with Gasteiger partial charge in [-0.3, -0.25) is 0 Å². The molecule has 0 spiro atoms. The normalized spacial score (nSPS) is 17.5. The first kappa shape index (κ1) is 16.0. The van der Waals surface area contributed by atoms with Crippen molar-refractivity contribution in [3.8, 4) is 0 Å². The van der Waals surface area contributed by atoms with Gasteiger partial charge in [0.15, 0.2) is 0 Å². The molecule has 1 saturated heterocycles. The third-order valence-corrected chi connectivity index (χ3v) is 3.93. The molecule has 0 radical (unpaired) electrons. The highest BCUT2D eigenvalue weighted by Crippen LogP contribution is 2.19. The molecule has 18 heavy (non-hydrogen) atoms. The third kappa shape index (κ3) is 7.38. The lowest BCUT2D eigenvalue weighted by atomic mass is 10.0. The average molecular weight is 255 g/mol. The summed E-state index contributed by atoms with van der Waals surface area (Å²) in [4.78, 5) is 0. The van der Waals surface area contributed by atoms with Gasteiger partial charge in [-0.05, 0) is 38.8 Å². The predicted octanol–water partition coefficient (Wildman–Crippen LogP) is 4.28. The summed E-state index contributed by atoms with van der Waals surface area (Å²) in [5, 5.41) is 3.41. The summed E-state index contributed by atoms with van der Waals surface area (Å²) in [6, 6.07) is 0. The van der Waals surface area contributed by atoms with E-state index in [4.69, 9.17) is 4.74 Å². The minimum Gasteiger partial charge on any atom is -0.375 e. The van der Waals surface area contributed by atoms with E-state index < -0.39 is 0 Å². The molecule has 0 amide bonds. The monoisotopic (exact) mass is 255 g/mol. The van der Waals surface area contributed by atoms with Crippen LogP contribution in [0.15, 0.2) is 0 Å². The molecule has 0 aromatic carbocycles. The second-order valence-electron chi connectivity index (χ2n) is 5.70. The highest BCUT2D eigenvalue weighted by Gasteiger charge is 2.18. The summed E-state index contributed by atoms with van der Waals surface area (Å²) >= 11 is 0. The Kier molecular flexibility index (Phi) is 9.59. The molecule has 1 rings (SSSR count). The second kappa shape index (κ2) is 10.8. The number of hydrogen-bond donors (Lipinski definition) is 1. The van der Waals surface area contributed by atoms with E-state index >= 15 is 0 Å². The smallest absolute Gasteiger partial charge is 0.0603 e. The maximum absolute atomic E-state index is 6.34. The molecule has 0 bridgehead atoms. The largest absolute Gasteiger partial charge is 0.375 e. The lowest BCUT2D eigenvalue weighted by Crippen LogP contribution is -2.34. The quantitative estimate of drug-likeness (QED) is 0.588. The van der Waals surface area contributed by atoms with Gasteiger partial charge in [0.2, 0.25) is 0 Å². The van der Waals surface area contributed by atoms with Crippen LogP contribution in [0.25, 0.3) is 0 Å². The molecule has 2 heteroatoms. The van der Waals surface area contributed by atoms with Crippen molar-refractivity contribution in [1.82, 2.24) is 5.32 Å². The predicted molar refractivity (Wildman–Crippen MR) is 79.0 cm³/mol. The van der Waals surface area contributed by atoms with Gasteiger partial charge in [0.1, 0.15) is 0 Å². The summed E-state index contributed by atoms with van der Waals surface area (Å²) in [5.41, 5.74) is 0. The molecule has 0 saturated carbocycles. The van der Waals surface area contributed by atoms with Crippen LogP contribution in [-0.4, -0.2) is 25.3 Å². The van der Waals surface area contributed by atoms with E-state index in [0.717, 1.165) is 13.1 Å². The number of piperidine rings is 1. The standard InChI is InChI=1S/C16H33NO/c1-3-5-7-9-15(10-8-6-4-2)18-16-11-13-17-14-12-16/h15-17H,3-14H2,1-2H3. The molecule has 1 aliphatic heterocycles. The number of ether oxygens (including phenoxy) is 1. The van der Waals surface area contributed by atoms with Crippen molar-refractivity contribution >= 4 is 0 Å². The van der Waals surface area contributed by atoms with Crippen molar-refractivity contribution < 1.29 is 4.74 Å². The van der Waals surface area contributed by atoms with Gasteiger partial charge in [-0.2, -0.15) is 0 Å². The summed E-state index contributed by atoms with van der Waals surface area (Å²) in [6.45, 7) is 6.84. The van der Waals surface area contributed by atoms with Gasteiger partial charge in [-0.1, -0.05) is 52.4 Å². The fourth-order valence-corrected chi connectivity index (χ4v) is 2.73. The van der Waals surface area contributed by atoms with Gasteiger partial charge in [0, 0.05) is 0 Å². The Bertz CT molecular complexity index is 168. The molecule has 108 valence electrons. The number of nitrogens with one attached hydrogen (secondary N) is 1. The number of rotatable bonds is 10. The molecule has 0 atom stereocenters. The van der Waals surface area contributed by atoms with Gasteiger partial charge < -0.3 is 10.1 Å². The Labute approximate surface area is 114 Å². The van der Waals surface area contributed by atoms with Crippen molar-refractivity contribution in [1.29, 1.82) is 0 Å². The number of hydrogen-bond acceptors (Lipinski definition) is 2. The highest BCUT2D eigenvalue weighted by atomic mass is 16.5. The van der Waals surface area contributed by atoms with Gasteiger partial charge in [-0.15, -0.1) is 0 Å². The Hall–Kier alpha value is -0.0800. The lowest BCUT2D eigenvalue weighted by molar-refractivity contribution is -0.0356. The topological polar surface area (TPSA) is 21.3 Å². The molecule has 0 aromatic heterocycles. The Balaban J connectivity index is 2.22. The maximum atomic E-state index is 6.34. The lowest BCUT2D eigenvalue weighted by Gasteiger charge is -2.28. The summed E-state index contributed by atoms with van der Waals surface area (Å²) in [5.74, 6) is 0. The fraction of sp³-hybridized carbons (Fsp3) is 1.00. The summed E-state index contributed by atoms with van der Waals surface area (Å²) in [6.07, 6.45) is 14.1.